The second kappa shape index (κ2) is 10.5. The molecule has 1 unspecified atom stereocenters. The highest BCUT2D eigenvalue weighted by Gasteiger charge is 2.61. The lowest BCUT2D eigenvalue weighted by atomic mass is 9.88. The van der Waals surface area contributed by atoms with Gasteiger partial charge in [-0.25, -0.2) is 0 Å². The first-order valence-electron chi connectivity index (χ1n) is 14.7. The summed E-state index contributed by atoms with van der Waals surface area (Å²) in [6, 6.07) is 41.2. The van der Waals surface area contributed by atoms with Crippen molar-refractivity contribution in [2.75, 3.05) is 0 Å². The lowest BCUT2D eigenvalue weighted by Gasteiger charge is -2.42. The van der Waals surface area contributed by atoms with Crippen LogP contribution in [0.1, 0.15) is 16.7 Å². The minimum Gasteiger partial charge on any atom is -0.450 e. The number of para-hydroxylation sites is 1. The Labute approximate surface area is 268 Å². The summed E-state index contributed by atoms with van der Waals surface area (Å²) in [4.78, 5) is 21.5. The molecule has 0 spiro atoms. The predicted molar refractivity (Wildman–Crippen MR) is 178 cm³/mol. The third-order valence-electron chi connectivity index (χ3n) is 8.84. The van der Waals surface area contributed by atoms with Gasteiger partial charge in [0.05, 0.1) is 21.2 Å². The van der Waals surface area contributed by atoms with Crippen LogP contribution in [0.3, 0.4) is 0 Å². The monoisotopic (exact) mass is 638 g/mol. The van der Waals surface area contributed by atoms with Gasteiger partial charge in [0.1, 0.15) is 16.7 Å². The molecule has 0 radical (unpaired) electrons. The first-order chi connectivity index (χ1) is 22.8. The summed E-state index contributed by atoms with van der Waals surface area (Å²) in [6.45, 7) is 0. The number of rotatable bonds is 6. The molecule has 1 aliphatic heterocycles. The van der Waals surface area contributed by atoms with E-state index in [-0.39, 0.29) is 11.5 Å². The van der Waals surface area contributed by atoms with Crippen LogP contribution in [-0.4, -0.2) is 9.85 Å². The second-order valence-corrected chi connectivity index (χ2v) is 13.7. The molecule has 2 aliphatic rings. The predicted octanol–water partition coefficient (Wildman–Crippen LogP) is 9.23. The van der Waals surface area contributed by atoms with Gasteiger partial charge in [0.2, 0.25) is 5.75 Å². The molecule has 9 nitrogen and oxygen atoms in total. The van der Waals surface area contributed by atoms with Gasteiger partial charge in [-0.15, -0.1) is 0 Å². The summed E-state index contributed by atoms with van der Waals surface area (Å²) >= 11 is 0. The topological polar surface area (TPSA) is 122 Å². The van der Waals surface area contributed by atoms with Crippen LogP contribution in [0.25, 0.3) is 22.3 Å². The van der Waals surface area contributed by atoms with E-state index >= 15 is 4.57 Å². The maximum absolute atomic E-state index is 16.3. The molecule has 1 aliphatic carbocycles. The van der Waals surface area contributed by atoms with E-state index in [2.05, 4.69) is 0 Å². The van der Waals surface area contributed by atoms with E-state index in [4.69, 9.17) is 9.26 Å². The van der Waals surface area contributed by atoms with Gasteiger partial charge in [-0.1, -0.05) is 97.1 Å². The molecular formula is C37H23N2O7P. The van der Waals surface area contributed by atoms with Gasteiger partial charge in [-0.05, 0) is 63.7 Å². The molecule has 0 bridgehead atoms. The first kappa shape index (κ1) is 28.4. The first-order valence-corrected chi connectivity index (χ1v) is 16.3. The zero-order valence-electron chi connectivity index (χ0n) is 24.5. The van der Waals surface area contributed by atoms with Crippen molar-refractivity contribution < 1.29 is 23.7 Å². The highest BCUT2D eigenvalue weighted by Crippen LogP contribution is 2.75. The Morgan fingerprint density at radius 1 is 0.617 bits per heavy atom. The molecule has 0 amide bonds. The van der Waals surface area contributed by atoms with Crippen LogP contribution in [0.15, 0.2) is 140 Å². The number of benzene rings is 6. The molecule has 1 heterocycles. The molecule has 6 aromatic rings. The standard InChI is InChI=1S/C37H23N2O7P/c40-38(41)25-19-22-35(33(23-25)39(42)43)45-26-20-17-24(18-21-26)37(31-13-5-1-9-27(31)28-10-2-6-14-32(28)37)47(44)36-16-8-4-12-30(36)29-11-3-7-15-34(29)46-47/h1-23H. The van der Waals surface area contributed by atoms with Crippen molar-refractivity contribution in [3.8, 4) is 39.5 Å². The molecule has 8 rings (SSSR count). The van der Waals surface area contributed by atoms with Crippen LogP contribution >= 0.6 is 7.37 Å². The summed E-state index contributed by atoms with van der Waals surface area (Å²) in [7, 11) is -3.91. The molecule has 10 heteroatoms. The summed E-state index contributed by atoms with van der Waals surface area (Å²) in [6.07, 6.45) is 0. The molecule has 1 atom stereocenters. The maximum Gasteiger partial charge on any atom is 0.318 e. The molecule has 6 aromatic carbocycles. The molecule has 0 aromatic heterocycles. The Bertz CT molecular complexity index is 2270. The number of nitrogens with zero attached hydrogens (tertiary/aromatic N) is 2. The molecule has 0 N–H and O–H groups in total. The Hall–Kier alpha value is -6.05. The third-order valence-corrected chi connectivity index (χ3v) is 11.9. The van der Waals surface area contributed by atoms with E-state index < -0.39 is 33.7 Å². The SMILES string of the molecule is O=[N+]([O-])c1ccc(Oc2ccc(C3(P4(=O)Oc5ccccc5-c5ccccc54)c4ccccc4-c4ccccc43)cc2)c([N+](=O)[O-])c1. The van der Waals surface area contributed by atoms with Crippen LogP contribution in [0.2, 0.25) is 0 Å². The van der Waals surface area contributed by atoms with Gasteiger partial charge in [0, 0.05) is 11.6 Å². The molecule has 228 valence electrons. The van der Waals surface area contributed by atoms with Crippen LogP contribution in [0.5, 0.6) is 17.2 Å². The van der Waals surface area contributed by atoms with Gasteiger partial charge in [-0.3, -0.25) is 24.8 Å². The lowest BCUT2D eigenvalue weighted by molar-refractivity contribution is -0.394. The number of nitro benzene ring substituents is 2. The minimum atomic E-state index is -3.91. The van der Waals surface area contributed by atoms with Crippen molar-refractivity contribution >= 4 is 24.0 Å². The van der Waals surface area contributed by atoms with Gasteiger partial charge >= 0.3 is 5.69 Å². The average Bonchev–Trinajstić information content (AvgIpc) is 3.40. The van der Waals surface area contributed by atoms with Crippen molar-refractivity contribution in [3.05, 3.63) is 176 Å². The van der Waals surface area contributed by atoms with Gasteiger partial charge in [0.15, 0.2) is 0 Å². The normalized spacial score (nSPS) is 16.5. The Balaban J connectivity index is 1.35. The van der Waals surface area contributed by atoms with Crippen molar-refractivity contribution in [2.45, 2.75) is 5.16 Å². The van der Waals surface area contributed by atoms with E-state index in [1.165, 1.54) is 6.07 Å². The fraction of sp³-hybridized carbons (Fsp3) is 0.0270. The highest BCUT2D eigenvalue weighted by atomic mass is 31.2. The maximum atomic E-state index is 16.3. The smallest absolute Gasteiger partial charge is 0.318 e. The van der Waals surface area contributed by atoms with E-state index in [0.29, 0.717) is 16.6 Å². The van der Waals surface area contributed by atoms with E-state index in [1.807, 2.05) is 97.1 Å². The fourth-order valence-corrected chi connectivity index (χ4v) is 10.3. The second-order valence-electron chi connectivity index (χ2n) is 11.3. The van der Waals surface area contributed by atoms with Crippen molar-refractivity contribution in [3.63, 3.8) is 0 Å². The van der Waals surface area contributed by atoms with Crippen LogP contribution in [0.4, 0.5) is 11.4 Å². The average molecular weight is 639 g/mol. The lowest BCUT2D eigenvalue weighted by Crippen LogP contribution is -2.36. The van der Waals surface area contributed by atoms with Gasteiger partial charge < -0.3 is 9.26 Å². The van der Waals surface area contributed by atoms with Crippen LogP contribution < -0.4 is 14.6 Å². The van der Waals surface area contributed by atoms with E-state index in [1.54, 1.807) is 24.3 Å². The number of nitro groups is 2. The largest absolute Gasteiger partial charge is 0.450 e. The number of hydrogen-bond acceptors (Lipinski definition) is 7. The number of hydrogen-bond donors (Lipinski definition) is 0. The Morgan fingerprint density at radius 3 is 1.83 bits per heavy atom. The molecular weight excluding hydrogens is 615 g/mol. The summed E-state index contributed by atoms with van der Waals surface area (Å²) in [5.41, 5.74) is 4.98. The molecule has 0 saturated heterocycles. The van der Waals surface area contributed by atoms with Crippen molar-refractivity contribution in [2.24, 2.45) is 0 Å². The van der Waals surface area contributed by atoms with Crippen LogP contribution in [-0.2, 0) is 9.72 Å². The van der Waals surface area contributed by atoms with Crippen molar-refractivity contribution in [1.29, 1.82) is 0 Å². The number of non-ortho nitro benzene ring substituents is 1. The Kier molecular flexibility index (Phi) is 6.35. The minimum absolute atomic E-state index is 0.145. The molecule has 47 heavy (non-hydrogen) atoms. The summed E-state index contributed by atoms with van der Waals surface area (Å²) in [5.74, 6) is 0.642. The van der Waals surface area contributed by atoms with Gasteiger partial charge in [0.25, 0.3) is 13.1 Å². The highest BCUT2D eigenvalue weighted by molar-refractivity contribution is 7.69. The van der Waals surface area contributed by atoms with Crippen molar-refractivity contribution in [1.82, 2.24) is 0 Å². The molecule has 0 saturated carbocycles. The zero-order chi connectivity index (χ0) is 32.3. The quantitative estimate of drug-likeness (QED) is 0.101. The summed E-state index contributed by atoms with van der Waals surface area (Å²) < 4.78 is 29.0. The number of fused-ring (bicyclic) bond motifs is 6. The van der Waals surface area contributed by atoms with E-state index in [0.717, 1.165) is 45.5 Å². The third kappa shape index (κ3) is 4.07. The molecule has 0 fully saturated rings. The van der Waals surface area contributed by atoms with Crippen LogP contribution in [0, 0.1) is 20.2 Å². The van der Waals surface area contributed by atoms with E-state index in [9.17, 15) is 20.2 Å². The zero-order valence-corrected chi connectivity index (χ0v) is 25.4. The fourth-order valence-electron chi connectivity index (χ4n) is 6.91. The number of ether oxygens (including phenoxy) is 1. The Morgan fingerprint density at radius 2 is 1.19 bits per heavy atom. The van der Waals surface area contributed by atoms with Gasteiger partial charge in [-0.2, -0.15) is 0 Å². The summed E-state index contributed by atoms with van der Waals surface area (Å²) in [5, 5.41) is 22.3.